The molecule has 6 nitrogen and oxygen atoms in total. The standard InChI is InChI=1S/C9H12N2O4S/c1-9(8(12)13,11-16(10,14)15)7-5-3-2-4-6-7/h2-6,11H,1H3,(H,12,13)(H2,10,14,15). The Morgan fingerprint density at radius 3 is 2.25 bits per heavy atom. The molecule has 0 aliphatic heterocycles. The van der Waals surface area contributed by atoms with E-state index in [-0.39, 0.29) is 0 Å². The van der Waals surface area contributed by atoms with Gasteiger partial charge in [-0.05, 0) is 12.5 Å². The van der Waals surface area contributed by atoms with Gasteiger partial charge in [0.1, 0.15) is 0 Å². The van der Waals surface area contributed by atoms with Crippen molar-refractivity contribution in [2.24, 2.45) is 5.14 Å². The van der Waals surface area contributed by atoms with Crippen molar-refractivity contribution in [3.8, 4) is 0 Å². The first-order valence-corrected chi connectivity index (χ1v) is 5.91. The lowest BCUT2D eigenvalue weighted by Crippen LogP contribution is -2.51. The number of nitrogens with one attached hydrogen (secondary N) is 1. The van der Waals surface area contributed by atoms with Crippen LogP contribution in [0.1, 0.15) is 12.5 Å². The van der Waals surface area contributed by atoms with Gasteiger partial charge in [0.2, 0.25) is 0 Å². The molecule has 1 rings (SSSR count). The second-order valence-corrected chi connectivity index (χ2v) is 4.74. The number of benzene rings is 1. The number of carboxylic acids is 1. The van der Waals surface area contributed by atoms with Gasteiger partial charge in [0.15, 0.2) is 5.54 Å². The molecule has 16 heavy (non-hydrogen) atoms. The molecule has 0 fully saturated rings. The first kappa shape index (κ1) is 12.6. The number of nitrogens with two attached hydrogens (primary N) is 1. The van der Waals surface area contributed by atoms with Crippen LogP contribution in [-0.4, -0.2) is 19.5 Å². The van der Waals surface area contributed by atoms with E-state index in [0.29, 0.717) is 5.56 Å². The first-order chi connectivity index (χ1) is 7.26. The van der Waals surface area contributed by atoms with Crippen molar-refractivity contribution in [3.05, 3.63) is 35.9 Å². The molecule has 0 aliphatic carbocycles. The van der Waals surface area contributed by atoms with E-state index in [2.05, 4.69) is 0 Å². The summed E-state index contributed by atoms with van der Waals surface area (Å²) in [5, 5.41) is 13.9. The predicted molar refractivity (Wildman–Crippen MR) is 57.7 cm³/mol. The fourth-order valence-electron chi connectivity index (χ4n) is 1.28. The summed E-state index contributed by atoms with van der Waals surface area (Å²) in [6.45, 7) is 1.23. The van der Waals surface area contributed by atoms with Crippen molar-refractivity contribution in [1.82, 2.24) is 4.72 Å². The number of rotatable bonds is 4. The van der Waals surface area contributed by atoms with Crippen LogP contribution in [-0.2, 0) is 20.5 Å². The molecule has 0 saturated carbocycles. The van der Waals surface area contributed by atoms with Crippen LogP contribution in [0.3, 0.4) is 0 Å². The molecule has 1 unspecified atom stereocenters. The normalized spacial score (nSPS) is 15.4. The second-order valence-electron chi connectivity index (χ2n) is 3.44. The van der Waals surface area contributed by atoms with Crippen LogP contribution in [0.2, 0.25) is 0 Å². The minimum absolute atomic E-state index is 0.302. The molecule has 1 aromatic rings. The molecule has 0 amide bonds. The predicted octanol–water partition coefficient (Wildman–Crippen LogP) is -0.220. The Bertz CT molecular complexity index is 485. The number of carbonyl (C=O) groups is 1. The fraction of sp³-hybridized carbons (Fsp3) is 0.222. The van der Waals surface area contributed by atoms with E-state index >= 15 is 0 Å². The summed E-state index contributed by atoms with van der Waals surface area (Å²) >= 11 is 0. The van der Waals surface area contributed by atoms with Gasteiger partial charge in [0.05, 0.1) is 0 Å². The smallest absolute Gasteiger partial charge is 0.329 e. The third-order valence-electron chi connectivity index (χ3n) is 2.13. The van der Waals surface area contributed by atoms with E-state index in [9.17, 15) is 13.2 Å². The van der Waals surface area contributed by atoms with Crippen molar-refractivity contribution in [1.29, 1.82) is 0 Å². The topological polar surface area (TPSA) is 109 Å². The highest BCUT2D eigenvalue weighted by molar-refractivity contribution is 7.87. The number of aliphatic carboxylic acids is 1. The van der Waals surface area contributed by atoms with Gasteiger partial charge in [-0.1, -0.05) is 30.3 Å². The summed E-state index contributed by atoms with van der Waals surface area (Å²) < 4.78 is 23.8. The maximum absolute atomic E-state index is 11.1. The molecule has 0 spiro atoms. The lowest BCUT2D eigenvalue weighted by molar-refractivity contribution is -0.143. The van der Waals surface area contributed by atoms with Gasteiger partial charge in [0, 0.05) is 0 Å². The lowest BCUT2D eigenvalue weighted by Gasteiger charge is -2.25. The Hall–Kier alpha value is -1.44. The van der Waals surface area contributed by atoms with Gasteiger partial charge in [-0.2, -0.15) is 13.1 Å². The highest BCUT2D eigenvalue weighted by atomic mass is 32.2. The Kier molecular flexibility index (Phi) is 3.32. The SMILES string of the molecule is CC(NS(N)(=O)=O)(C(=O)O)c1ccccc1. The fourth-order valence-corrected chi connectivity index (χ4v) is 2.06. The van der Waals surface area contributed by atoms with E-state index in [0.717, 1.165) is 0 Å². The van der Waals surface area contributed by atoms with E-state index < -0.39 is 21.7 Å². The molecule has 0 aliphatic rings. The first-order valence-electron chi connectivity index (χ1n) is 4.36. The molecule has 7 heteroatoms. The van der Waals surface area contributed by atoms with Gasteiger partial charge in [-0.15, -0.1) is 0 Å². The molecule has 1 atom stereocenters. The minimum Gasteiger partial charge on any atom is -0.480 e. The largest absolute Gasteiger partial charge is 0.480 e. The third kappa shape index (κ3) is 2.78. The van der Waals surface area contributed by atoms with Crippen LogP contribution < -0.4 is 9.86 Å². The van der Waals surface area contributed by atoms with Crippen molar-refractivity contribution < 1.29 is 18.3 Å². The number of hydrogen-bond donors (Lipinski definition) is 3. The quantitative estimate of drug-likeness (QED) is 0.680. The molecule has 0 aromatic heterocycles. The lowest BCUT2D eigenvalue weighted by atomic mass is 9.94. The molecule has 88 valence electrons. The van der Waals surface area contributed by atoms with Crippen LogP contribution in [0.5, 0.6) is 0 Å². The van der Waals surface area contributed by atoms with Crippen LogP contribution in [0.4, 0.5) is 0 Å². The number of hydrogen-bond acceptors (Lipinski definition) is 3. The van der Waals surface area contributed by atoms with E-state index in [1.54, 1.807) is 18.2 Å². The van der Waals surface area contributed by atoms with E-state index in [1.807, 2.05) is 4.72 Å². The minimum atomic E-state index is -4.11. The highest BCUT2D eigenvalue weighted by Crippen LogP contribution is 2.21. The molecule has 0 radical (unpaired) electrons. The molecule has 0 saturated heterocycles. The average molecular weight is 244 g/mol. The molecule has 0 heterocycles. The van der Waals surface area contributed by atoms with Crippen molar-refractivity contribution in [2.45, 2.75) is 12.5 Å². The van der Waals surface area contributed by atoms with E-state index in [4.69, 9.17) is 10.2 Å². The van der Waals surface area contributed by atoms with Crippen molar-refractivity contribution in [2.75, 3.05) is 0 Å². The molecule has 1 aromatic carbocycles. The van der Waals surface area contributed by atoms with Crippen molar-refractivity contribution in [3.63, 3.8) is 0 Å². The Morgan fingerprint density at radius 2 is 1.88 bits per heavy atom. The molecule has 4 N–H and O–H groups in total. The Labute approximate surface area is 93.3 Å². The maximum atomic E-state index is 11.1. The highest BCUT2D eigenvalue weighted by Gasteiger charge is 2.38. The van der Waals surface area contributed by atoms with Gasteiger partial charge >= 0.3 is 5.97 Å². The maximum Gasteiger partial charge on any atom is 0.329 e. The van der Waals surface area contributed by atoms with Gasteiger partial charge < -0.3 is 5.11 Å². The zero-order valence-corrected chi connectivity index (χ0v) is 9.36. The summed E-state index contributed by atoms with van der Waals surface area (Å²) in [4.78, 5) is 11.1. The zero-order chi connectivity index (χ0) is 12.4. The third-order valence-corrected chi connectivity index (χ3v) is 2.82. The van der Waals surface area contributed by atoms with Crippen molar-refractivity contribution >= 4 is 16.2 Å². The Morgan fingerprint density at radius 1 is 1.38 bits per heavy atom. The second kappa shape index (κ2) is 4.20. The summed E-state index contributed by atoms with van der Waals surface area (Å²) in [6, 6.07) is 7.93. The van der Waals surface area contributed by atoms with Gasteiger partial charge in [-0.3, -0.25) is 0 Å². The summed E-state index contributed by atoms with van der Waals surface area (Å²) in [5.41, 5.74) is -1.47. The summed E-state index contributed by atoms with van der Waals surface area (Å²) in [5.74, 6) is -1.33. The Balaban J connectivity index is 3.23. The van der Waals surface area contributed by atoms with Gasteiger partial charge in [-0.25, -0.2) is 9.93 Å². The average Bonchev–Trinajstić information content (AvgIpc) is 2.16. The summed E-state index contributed by atoms with van der Waals surface area (Å²) in [6.07, 6.45) is 0. The molecular weight excluding hydrogens is 232 g/mol. The molecular formula is C9H12N2O4S. The molecule has 0 bridgehead atoms. The number of carboxylic acid groups (broad SMARTS) is 1. The van der Waals surface area contributed by atoms with E-state index in [1.165, 1.54) is 19.1 Å². The monoisotopic (exact) mass is 244 g/mol. The summed E-state index contributed by atoms with van der Waals surface area (Å²) in [7, 11) is -4.11. The zero-order valence-electron chi connectivity index (χ0n) is 8.54. The van der Waals surface area contributed by atoms with Crippen LogP contribution in [0.25, 0.3) is 0 Å². The van der Waals surface area contributed by atoms with Gasteiger partial charge in [0.25, 0.3) is 10.2 Å². The van der Waals surface area contributed by atoms with Crippen LogP contribution in [0.15, 0.2) is 30.3 Å². The van der Waals surface area contributed by atoms with Crippen LogP contribution in [0, 0.1) is 0 Å². The van der Waals surface area contributed by atoms with Crippen LogP contribution >= 0.6 is 0 Å².